The zero-order chi connectivity index (χ0) is 18.9. The second-order valence-corrected chi connectivity index (χ2v) is 6.72. The monoisotopic (exact) mass is 365 g/mol. The summed E-state index contributed by atoms with van der Waals surface area (Å²) in [7, 11) is 0. The van der Waals surface area contributed by atoms with Gasteiger partial charge in [-0.1, -0.05) is 57.2 Å². The second kappa shape index (κ2) is 9.76. The Bertz CT molecular complexity index is 840. The van der Waals surface area contributed by atoms with Crippen LogP contribution in [0.3, 0.4) is 0 Å². The summed E-state index contributed by atoms with van der Waals surface area (Å²) < 4.78 is 5.32. The van der Waals surface area contributed by atoms with Gasteiger partial charge < -0.3 is 9.72 Å². The van der Waals surface area contributed by atoms with Gasteiger partial charge in [-0.25, -0.2) is 4.79 Å². The third kappa shape index (κ3) is 5.33. The fourth-order valence-electron chi connectivity index (χ4n) is 3.13. The molecule has 3 rings (SSSR count). The molecule has 0 unspecified atom stereocenters. The van der Waals surface area contributed by atoms with Gasteiger partial charge in [0.15, 0.2) is 0 Å². The van der Waals surface area contributed by atoms with Gasteiger partial charge in [0.05, 0.1) is 18.0 Å². The van der Waals surface area contributed by atoms with Crippen LogP contribution >= 0.6 is 0 Å². The number of benzene rings is 1. The van der Waals surface area contributed by atoms with Crippen LogP contribution in [0.15, 0.2) is 48.8 Å². The maximum absolute atomic E-state index is 12.1. The molecule has 3 aromatic rings. The summed E-state index contributed by atoms with van der Waals surface area (Å²) in [5, 5.41) is 3.96. The van der Waals surface area contributed by atoms with Gasteiger partial charge in [-0.2, -0.15) is 0 Å². The lowest BCUT2D eigenvalue weighted by molar-refractivity contribution is 0.159. The first-order valence-corrected chi connectivity index (χ1v) is 9.74. The Balaban J connectivity index is 1.57. The molecule has 5 heteroatoms. The number of amides is 1. The summed E-state index contributed by atoms with van der Waals surface area (Å²) in [4.78, 5) is 19.7. The third-order valence-electron chi connectivity index (χ3n) is 4.61. The van der Waals surface area contributed by atoms with Crippen LogP contribution in [0.5, 0.6) is 0 Å². The van der Waals surface area contributed by atoms with E-state index in [-0.39, 0.29) is 0 Å². The number of aromatic nitrogens is 2. The number of nitrogens with one attached hydrogen (secondary N) is 2. The molecule has 2 N–H and O–H groups in total. The van der Waals surface area contributed by atoms with Crippen molar-refractivity contribution < 1.29 is 9.53 Å². The van der Waals surface area contributed by atoms with Crippen LogP contribution in [-0.4, -0.2) is 22.7 Å². The Morgan fingerprint density at radius 2 is 1.93 bits per heavy atom. The summed E-state index contributed by atoms with van der Waals surface area (Å²) in [6.07, 6.45) is 9.96. The molecule has 0 bridgehead atoms. The first kappa shape index (κ1) is 19.0. The SMILES string of the molecule is CCCCCCCCOC(=O)Nc1ccncc1-c1cc2ccccc2[nH]1. The molecule has 0 saturated heterocycles. The fourth-order valence-corrected chi connectivity index (χ4v) is 3.13. The molecule has 0 saturated carbocycles. The van der Waals surface area contributed by atoms with Crippen molar-refractivity contribution in [3.8, 4) is 11.3 Å². The van der Waals surface area contributed by atoms with E-state index in [1.54, 1.807) is 18.5 Å². The molecule has 0 aliphatic carbocycles. The van der Waals surface area contributed by atoms with Crippen LogP contribution in [-0.2, 0) is 4.74 Å². The van der Waals surface area contributed by atoms with Crippen LogP contribution in [0.2, 0.25) is 0 Å². The molecule has 0 atom stereocenters. The molecule has 0 radical (unpaired) electrons. The van der Waals surface area contributed by atoms with Crippen LogP contribution in [0.4, 0.5) is 10.5 Å². The molecule has 1 amide bonds. The zero-order valence-corrected chi connectivity index (χ0v) is 15.8. The number of carbonyl (C=O) groups is 1. The van der Waals surface area contributed by atoms with Gasteiger partial charge in [0.2, 0.25) is 0 Å². The van der Waals surface area contributed by atoms with Crippen LogP contribution in [0, 0.1) is 0 Å². The van der Waals surface area contributed by atoms with E-state index < -0.39 is 6.09 Å². The van der Waals surface area contributed by atoms with E-state index in [4.69, 9.17) is 4.74 Å². The predicted molar refractivity (Wildman–Crippen MR) is 110 cm³/mol. The van der Waals surface area contributed by atoms with E-state index in [1.165, 1.54) is 25.7 Å². The average Bonchev–Trinajstić information content (AvgIpc) is 3.12. The van der Waals surface area contributed by atoms with Crippen LogP contribution in [0.1, 0.15) is 45.4 Å². The maximum Gasteiger partial charge on any atom is 0.411 e. The average molecular weight is 365 g/mol. The molecule has 0 fully saturated rings. The van der Waals surface area contributed by atoms with Crippen molar-refractivity contribution in [3.63, 3.8) is 0 Å². The Hall–Kier alpha value is -2.82. The first-order chi connectivity index (χ1) is 13.3. The fraction of sp³-hybridized carbons (Fsp3) is 0.364. The lowest BCUT2D eigenvalue weighted by Crippen LogP contribution is -2.15. The van der Waals surface area contributed by atoms with Crippen molar-refractivity contribution in [3.05, 3.63) is 48.8 Å². The number of anilines is 1. The number of pyridine rings is 1. The summed E-state index contributed by atoms with van der Waals surface area (Å²) in [5.41, 5.74) is 3.48. The topological polar surface area (TPSA) is 67.0 Å². The number of H-pyrrole nitrogens is 1. The first-order valence-electron chi connectivity index (χ1n) is 9.74. The van der Waals surface area contributed by atoms with Gasteiger partial charge >= 0.3 is 6.09 Å². The number of ether oxygens (including phenoxy) is 1. The van der Waals surface area contributed by atoms with Gasteiger partial charge in [-0.05, 0) is 24.6 Å². The molecule has 2 aromatic heterocycles. The smallest absolute Gasteiger partial charge is 0.411 e. The highest BCUT2D eigenvalue weighted by Gasteiger charge is 2.11. The van der Waals surface area contributed by atoms with E-state index in [0.29, 0.717) is 12.3 Å². The van der Waals surface area contributed by atoms with Crippen molar-refractivity contribution in [2.75, 3.05) is 11.9 Å². The van der Waals surface area contributed by atoms with Crippen molar-refractivity contribution in [1.82, 2.24) is 9.97 Å². The van der Waals surface area contributed by atoms with Crippen molar-refractivity contribution in [2.45, 2.75) is 45.4 Å². The number of aromatic amines is 1. The Morgan fingerprint density at radius 3 is 2.78 bits per heavy atom. The number of unbranched alkanes of at least 4 members (excludes halogenated alkanes) is 5. The summed E-state index contributed by atoms with van der Waals surface area (Å²) in [6, 6.07) is 11.9. The molecular formula is C22H27N3O2. The summed E-state index contributed by atoms with van der Waals surface area (Å²) in [6.45, 7) is 2.65. The lowest BCUT2D eigenvalue weighted by Gasteiger charge is -2.10. The lowest BCUT2D eigenvalue weighted by atomic mass is 10.1. The summed E-state index contributed by atoms with van der Waals surface area (Å²) in [5.74, 6) is 0. The van der Waals surface area contributed by atoms with Crippen molar-refractivity contribution >= 4 is 22.7 Å². The van der Waals surface area contributed by atoms with Crippen molar-refractivity contribution in [2.24, 2.45) is 0 Å². The maximum atomic E-state index is 12.1. The number of para-hydroxylation sites is 1. The minimum absolute atomic E-state index is 0.424. The predicted octanol–water partition coefficient (Wildman–Crippen LogP) is 6.14. The molecule has 0 aliphatic rings. The molecule has 2 heterocycles. The van der Waals surface area contributed by atoms with Gasteiger partial charge in [-0.3, -0.25) is 10.3 Å². The molecule has 5 nitrogen and oxygen atoms in total. The van der Waals surface area contributed by atoms with E-state index in [1.807, 2.05) is 24.3 Å². The van der Waals surface area contributed by atoms with E-state index in [9.17, 15) is 4.79 Å². The number of fused-ring (bicyclic) bond motifs is 1. The molecule has 0 spiro atoms. The van der Waals surface area contributed by atoms with E-state index in [2.05, 4.69) is 28.3 Å². The van der Waals surface area contributed by atoms with Gasteiger partial charge in [0.25, 0.3) is 0 Å². The van der Waals surface area contributed by atoms with Crippen LogP contribution in [0.25, 0.3) is 22.2 Å². The zero-order valence-electron chi connectivity index (χ0n) is 15.8. The second-order valence-electron chi connectivity index (χ2n) is 6.72. The Morgan fingerprint density at radius 1 is 1.11 bits per heavy atom. The molecular weight excluding hydrogens is 338 g/mol. The van der Waals surface area contributed by atoms with E-state index in [0.717, 1.165) is 35.0 Å². The standard InChI is InChI=1S/C22H27N3O2/c1-2-3-4-5-6-9-14-27-22(26)25-20-12-13-23-16-18(20)21-15-17-10-7-8-11-19(17)24-21/h7-8,10-13,15-16,24H,2-6,9,14H2,1H3,(H,23,25,26). The molecule has 0 aliphatic heterocycles. The minimum Gasteiger partial charge on any atom is -0.449 e. The normalized spacial score (nSPS) is 10.9. The number of rotatable bonds is 9. The quantitative estimate of drug-likeness (QED) is 0.448. The van der Waals surface area contributed by atoms with Crippen molar-refractivity contribution in [1.29, 1.82) is 0 Å². The number of hydrogen-bond acceptors (Lipinski definition) is 3. The van der Waals surface area contributed by atoms with E-state index >= 15 is 0 Å². The van der Waals surface area contributed by atoms with Gasteiger partial charge in [-0.15, -0.1) is 0 Å². The van der Waals surface area contributed by atoms with Gasteiger partial charge in [0.1, 0.15) is 0 Å². The number of carbonyl (C=O) groups excluding carboxylic acids is 1. The number of nitrogens with zero attached hydrogens (tertiary/aromatic N) is 1. The third-order valence-corrected chi connectivity index (χ3v) is 4.61. The molecule has 1 aromatic carbocycles. The number of hydrogen-bond donors (Lipinski definition) is 2. The Kier molecular flexibility index (Phi) is 6.85. The highest BCUT2D eigenvalue weighted by Crippen LogP contribution is 2.29. The largest absolute Gasteiger partial charge is 0.449 e. The minimum atomic E-state index is -0.424. The summed E-state index contributed by atoms with van der Waals surface area (Å²) >= 11 is 0. The van der Waals surface area contributed by atoms with Crippen LogP contribution < -0.4 is 5.32 Å². The van der Waals surface area contributed by atoms with Gasteiger partial charge in [0, 0.05) is 28.9 Å². The highest BCUT2D eigenvalue weighted by atomic mass is 16.5. The highest BCUT2D eigenvalue weighted by molar-refractivity contribution is 5.93. The molecule has 27 heavy (non-hydrogen) atoms. The molecule has 142 valence electrons. The Labute approximate surface area is 160 Å².